The van der Waals surface area contributed by atoms with Gasteiger partial charge in [0.15, 0.2) is 0 Å². The molecule has 0 aliphatic carbocycles. The maximum Gasteiger partial charge on any atom is 0.138 e. The third kappa shape index (κ3) is 3.22. The van der Waals surface area contributed by atoms with E-state index >= 15 is 0 Å². The molecule has 0 aliphatic heterocycles. The Morgan fingerprint density at radius 3 is 2.90 bits per heavy atom. The SMILES string of the molecule is COc1c(Br)cc(Br)cc1CNc1ccc2ncsc2c1. The van der Waals surface area contributed by atoms with Crippen molar-refractivity contribution in [2.75, 3.05) is 12.4 Å². The first-order valence-corrected chi connectivity index (χ1v) is 8.73. The van der Waals surface area contributed by atoms with E-state index in [-0.39, 0.29) is 0 Å². The molecule has 1 heterocycles. The number of thiazole rings is 1. The molecule has 0 bridgehead atoms. The standard InChI is InChI=1S/C15H12Br2N2OS/c1-20-15-9(4-10(16)5-12(15)17)7-18-11-2-3-13-14(6-11)21-8-19-13/h2-6,8,18H,7H2,1H3. The molecule has 0 saturated carbocycles. The third-order valence-electron chi connectivity index (χ3n) is 3.10. The number of nitrogens with one attached hydrogen (secondary N) is 1. The van der Waals surface area contributed by atoms with Gasteiger partial charge in [-0.1, -0.05) is 15.9 Å². The highest BCUT2D eigenvalue weighted by atomic mass is 79.9. The molecule has 3 aromatic rings. The quantitative estimate of drug-likeness (QED) is 0.601. The van der Waals surface area contributed by atoms with Gasteiger partial charge < -0.3 is 10.1 Å². The topological polar surface area (TPSA) is 34.1 Å². The van der Waals surface area contributed by atoms with E-state index in [0.29, 0.717) is 6.54 Å². The lowest BCUT2D eigenvalue weighted by molar-refractivity contribution is 0.407. The van der Waals surface area contributed by atoms with E-state index in [2.05, 4.69) is 54.3 Å². The van der Waals surface area contributed by atoms with Crippen LogP contribution in [0.3, 0.4) is 0 Å². The van der Waals surface area contributed by atoms with Crippen molar-refractivity contribution in [2.45, 2.75) is 6.54 Å². The molecule has 0 amide bonds. The van der Waals surface area contributed by atoms with Crippen LogP contribution in [0.25, 0.3) is 10.2 Å². The predicted molar refractivity (Wildman–Crippen MR) is 95.3 cm³/mol. The first-order chi connectivity index (χ1) is 10.2. The largest absolute Gasteiger partial charge is 0.495 e. The van der Waals surface area contributed by atoms with E-state index in [4.69, 9.17) is 4.74 Å². The zero-order valence-electron chi connectivity index (χ0n) is 11.2. The van der Waals surface area contributed by atoms with Gasteiger partial charge in [-0.3, -0.25) is 0 Å². The van der Waals surface area contributed by atoms with Gasteiger partial charge in [0.2, 0.25) is 0 Å². The molecule has 0 radical (unpaired) electrons. The van der Waals surface area contributed by atoms with Gasteiger partial charge in [-0.15, -0.1) is 11.3 Å². The Morgan fingerprint density at radius 1 is 1.24 bits per heavy atom. The molecule has 108 valence electrons. The monoisotopic (exact) mass is 426 g/mol. The maximum atomic E-state index is 5.46. The molecule has 1 aromatic heterocycles. The Balaban J connectivity index is 1.83. The zero-order chi connectivity index (χ0) is 14.8. The molecule has 0 atom stereocenters. The van der Waals surface area contributed by atoms with Crippen molar-refractivity contribution in [1.29, 1.82) is 0 Å². The van der Waals surface area contributed by atoms with Crippen molar-refractivity contribution >= 4 is 59.1 Å². The molecule has 6 heteroatoms. The van der Waals surface area contributed by atoms with Crippen LogP contribution in [-0.2, 0) is 6.54 Å². The predicted octanol–water partition coefficient (Wildman–Crippen LogP) is 5.44. The summed E-state index contributed by atoms with van der Waals surface area (Å²) in [5.41, 5.74) is 5.06. The van der Waals surface area contributed by atoms with Gasteiger partial charge in [-0.2, -0.15) is 0 Å². The molecule has 0 aliphatic rings. The Hall–Kier alpha value is -1.11. The number of anilines is 1. The molecule has 2 aromatic carbocycles. The van der Waals surface area contributed by atoms with Gasteiger partial charge in [-0.05, 0) is 46.3 Å². The van der Waals surface area contributed by atoms with Crippen LogP contribution in [0.1, 0.15) is 5.56 Å². The molecule has 1 N–H and O–H groups in total. The second-order valence-electron chi connectivity index (χ2n) is 4.47. The lowest BCUT2D eigenvalue weighted by Crippen LogP contribution is -2.02. The van der Waals surface area contributed by atoms with Gasteiger partial charge in [0.05, 0.1) is 27.3 Å². The summed E-state index contributed by atoms with van der Waals surface area (Å²) >= 11 is 8.68. The van der Waals surface area contributed by atoms with Crippen molar-refractivity contribution < 1.29 is 4.74 Å². The van der Waals surface area contributed by atoms with Crippen LogP contribution >= 0.6 is 43.2 Å². The summed E-state index contributed by atoms with van der Waals surface area (Å²) in [7, 11) is 1.68. The summed E-state index contributed by atoms with van der Waals surface area (Å²) in [5.74, 6) is 0.851. The number of benzene rings is 2. The van der Waals surface area contributed by atoms with Crippen molar-refractivity contribution in [3.8, 4) is 5.75 Å². The summed E-state index contributed by atoms with van der Waals surface area (Å²) in [6, 6.07) is 10.2. The van der Waals surface area contributed by atoms with Gasteiger partial charge in [0, 0.05) is 22.3 Å². The van der Waals surface area contributed by atoms with Crippen LogP contribution in [0.2, 0.25) is 0 Å². The molecule has 21 heavy (non-hydrogen) atoms. The summed E-state index contributed by atoms with van der Waals surface area (Å²) in [5, 5.41) is 3.43. The summed E-state index contributed by atoms with van der Waals surface area (Å²) in [6.07, 6.45) is 0. The summed E-state index contributed by atoms with van der Waals surface area (Å²) in [6.45, 7) is 0.686. The van der Waals surface area contributed by atoms with Crippen LogP contribution in [0.4, 0.5) is 5.69 Å². The molecular weight excluding hydrogens is 416 g/mol. The number of methoxy groups -OCH3 is 1. The summed E-state index contributed by atoms with van der Waals surface area (Å²) < 4.78 is 8.60. The highest BCUT2D eigenvalue weighted by Gasteiger charge is 2.09. The minimum absolute atomic E-state index is 0.686. The Morgan fingerprint density at radius 2 is 2.10 bits per heavy atom. The van der Waals surface area contributed by atoms with Crippen LogP contribution in [0.15, 0.2) is 44.8 Å². The number of halogens is 2. The fourth-order valence-corrected chi connectivity index (χ4v) is 4.33. The van der Waals surface area contributed by atoms with E-state index in [9.17, 15) is 0 Å². The summed E-state index contributed by atoms with van der Waals surface area (Å²) in [4.78, 5) is 4.29. The number of nitrogens with zero attached hydrogens (tertiary/aromatic N) is 1. The molecule has 3 rings (SSSR count). The average Bonchev–Trinajstić information content (AvgIpc) is 2.92. The first kappa shape index (κ1) is 14.8. The highest BCUT2D eigenvalue weighted by molar-refractivity contribution is 9.11. The number of hydrogen-bond donors (Lipinski definition) is 1. The van der Waals surface area contributed by atoms with E-state index in [1.165, 1.54) is 4.70 Å². The van der Waals surface area contributed by atoms with Crippen molar-refractivity contribution in [3.63, 3.8) is 0 Å². The number of fused-ring (bicyclic) bond motifs is 1. The molecular formula is C15H12Br2N2OS. The van der Waals surface area contributed by atoms with E-state index in [1.54, 1.807) is 18.4 Å². The number of aromatic nitrogens is 1. The van der Waals surface area contributed by atoms with Crippen LogP contribution in [0.5, 0.6) is 5.75 Å². The molecule has 0 saturated heterocycles. The van der Waals surface area contributed by atoms with Crippen molar-refractivity contribution in [3.05, 3.63) is 50.4 Å². The number of hydrogen-bond acceptors (Lipinski definition) is 4. The lowest BCUT2D eigenvalue weighted by atomic mass is 10.2. The van der Waals surface area contributed by atoms with Crippen LogP contribution in [0, 0.1) is 0 Å². The van der Waals surface area contributed by atoms with E-state index in [1.807, 2.05) is 23.7 Å². The van der Waals surface area contributed by atoms with Crippen molar-refractivity contribution in [2.24, 2.45) is 0 Å². The fraction of sp³-hybridized carbons (Fsp3) is 0.133. The minimum Gasteiger partial charge on any atom is -0.495 e. The second kappa shape index (κ2) is 6.34. The Kier molecular flexibility index (Phi) is 4.47. The molecule has 0 fully saturated rings. The Labute approximate surface area is 143 Å². The molecule has 3 nitrogen and oxygen atoms in total. The number of rotatable bonds is 4. The average molecular weight is 428 g/mol. The van der Waals surface area contributed by atoms with Gasteiger partial charge in [0.25, 0.3) is 0 Å². The smallest absolute Gasteiger partial charge is 0.138 e. The zero-order valence-corrected chi connectivity index (χ0v) is 15.2. The lowest BCUT2D eigenvalue weighted by Gasteiger charge is -2.13. The maximum absolute atomic E-state index is 5.46. The Bertz CT molecular complexity index is 788. The highest BCUT2D eigenvalue weighted by Crippen LogP contribution is 2.33. The number of ether oxygens (including phenoxy) is 1. The van der Waals surface area contributed by atoms with Crippen LogP contribution in [-0.4, -0.2) is 12.1 Å². The molecule has 0 spiro atoms. The minimum atomic E-state index is 0.686. The van der Waals surface area contributed by atoms with Gasteiger partial charge in [-0.25, -0.2) is 4.98 Å². The third-order valence-corrected chi connectivity index (χ3v) is 4.94. The second-order valence-corrected chi connectivity index (χ2v) is 7.12. The van der Waals surface area contributed by atoms with E-state index < -0.39 is 0 Å². The van der Waals surface area contributed by atoms with Crippen molar-refractivity contribution in [1.82, 2.24) is 4.98 Å². The van der Waals surface area contributed by atoms with Gasteiger partial charge >= 0.3 is 0 Å². The van der Waals surface area contributed by atoms with E-state index in [0.717, 1.165) is 31.5 Å². The fourth-order valence-electron chi connectivity index (χ4n) is 2.14. The van der Waals surface area contributed by atoms with Crippen LogP contribution < -0.4 is 10.1 Å². The molecule has 0 unspecified atom stereocenters. The first-order valence-electron chi connectivity index (χ1n) is 6.26. The van der Waals surface area contributed by atoms with Gasteiger partial charge in [0.1, 0.15) is 5.75 Å². The normalized spacial score (nSPS) is 10.8.